The summed E-state index contributed by atoms with van der Waals surface area (Å²) in [6, 6.07) is 0. The van der Waals surface area contributed by atoms with Crippen molar-refractivity contribution in [2.75, 3.05) is 0 Å². The highest BCUT2D eigenvalue weighted by molar-refractivity contribution is 4.80. The van der Waals surface area contributed by atoms with Crippen LogP contribution in [0.4, 0.5) is 0 Å². The third kappa shape index (κ3) is 1.48. The van der Waals surface area contributed by atoms with Crippen molar-refractivity contribution in [1.29, 1.82) is 0 Å². The molecule has 0 aliphatic carbocycles. The number of aliphatic hydroxyl groups excluding tert-OH is 2. The summed E-state index contributed by atoms with van der Waals surface area (Å²) < 4.78 is 5.26. The molecule has 0 radical (unpaired) electrons. The van der Waals surface area contributed by atoms with Gasteiger partial charge in [-0.1, -0.05) is 0 Å². The molecular weight excluding hydrogens is 132 g/mol. The van der Waals surface area contributed by atoms with Crippen LogP contribution >= 0.6 is 0 Å². The van der Waals surface area contributed by atoms with Gasteiger partial charge in [0.1, 0.15) is 6.10 Å². The monoisotopic (exact) mass is 146 g/mol. The minimum atomic E-state index is -0.712. The van der Waals surface area contributed by atoms with Crippen LogP contribution in [0.1, 0.15) is 20.3 Å². The summed E-state index contributed by atoms with van der Waals surface area (Å²) in [5, 5.41) is 18.4. The molecule has 4 atom stereocenters. The molecular formula is C7H14O3. The molecule has 1 fully saturated rings. The van der Waals surface area contributed by atoms with Gasteiger partial charge in [0.05, 0.1) is 18.3 Å². The molecule has 0 amide bonds. The van der Waals surface area contributed by atoms with Crippen molar-refractivity contribution >= 4 is 0 Å². The van der Waals surface area contributed by atoms with E-state index >= 15 is 0 Å². The first-order valence-electron chi connectivity index (χ1n) is 3.63. The lowest BCUT2D eigenvalue weighted by Crippen LogP contribution is -2.45. The largest absolute Gasteiger partial charge is 0.390 e. The second-order valence-electron chi connectivity index (χ2n) is 2.95. The molecule has 60 valence electrons. The average Bonchev–Trinajstić information content (AvgIpc) is 1.82. The van der Waals surface area contributed by atoms with Crippen LogP contribution in [0, 0.1) is 0 Å². The van der Waals surface area contributed by atoms with Crippen molar-refractivity contribution < 1.29 is 14.9 Å². The fourth-order valence-electron chi connectivity index (χ4n) is 1.29. The highest BCUT2D eigenvalue weighted by Gasteiger charge is 2.31. The number of aliphatic hydroxyl groups is 2. The summed E-state index contributed by atoms with van der Waals surface area (Å²) in [7, 11) is 0. The SMILES string of the molecule is CC1CC(O)C(O)[C@H](C)O1. The molecule has 1 saturated heterocycles. The number of hydrogen-bond donors (Lipinski definition) is 2. The van der Waals surface area contributed by atoms with E-state index in [9.17, 15) is 10.2 Å². The molecule has 3 unspecified atom stereocenters. The van der Waals surface area contributed by atoms with E-state index in [0.29, 0.717) is 6.42 Å². The Morgan fingerprint density at radius 1 is 1.30 bits per heavy atom. The number of rotatable bonds is 0. The molecule has 3 heteroatoms. The Kier molecular flexibility index (Phi) is 2.28. The molecule has 3 nitrogen and oxygen atoms in total. The molecule has 0 aromatic rings. The second-order valence-corrected chi connectivity index (χ2v) is 2.95. The molecule has 0 spiro atoms. The minimum absolute atomic E-state index is 0.0633. The van der Waals surface area contributed by atoms with Gasteiger partial charge < -0.3 is 14.9 Å². The fourth-order valence-corrected chi connectivity index (χ4v) is 1.29. The molecule has 2 N–H and O–H groups in total. The third-order valence-electron chi connectivity index (χ3n) is 1.90. The zero-order valence-corrected chi connectivity index (χ0v) is 6.32. The van der Waals surface area contributed by atoms with Gasteiger partial charge in [0.25, 0.3) is 0 Å². The first kappa shape index (κ1) is 7.98. The Hall–Kier alpha value is -0.120. The summed E-state index contributed by atoms with van der Waals surface area (Å²) in [6.45, 7) is 3.66. The van der Waals surface area contributed by atoms with Crippen molar-refractivity contribution in [3.05, 3.63) is 0 Å². The van der Waals surface area contributed by atoms with Gasteiger partial charge in [-0.2, -0.15) is 0 Å². The minimum Gasteiger partial charge on any atom is -0.390 e. The highest BCUT2D eigenvalue weighted by atomic mass is 16.5. The van der Waals surface area contributed by atoms with Crippen LogP contribution in [0.15, 0.2) is 0 Å². The lowest BCUT2D eigenvalue weighted by Gasteiger charge is -2.33. The van der Waals surface area contributed by atoms with E-state index in [0.717, 1.165) is 0 Å². The van der Waals surface area contributed by atoms with Crippen molar-refractivity contribution in [3.8, 4) is 0 Å². The second kappa shape index (κ2) is 2.86. The maximum atomic E-state index is 9.19. The molecule has 1 aliphatic heterocycles. The standard InChI is InChI=1S/C7H14O3/c1-4-3-6(8)7(9)5(2)10-4/h4-9H,3H2,1-2H3/t4?,5-,6?,7?/m0/s1. The van der Waals surface area contributed by atoms with Crippen molar-refractivity contribution in [2.45, 2.75) is 44.7 Å². The zero-order valence-electron chi connectivity index (χ0n) is 6.32. The van der Waals surface area contributed by atoms with Gasteiger partial charge in [-0.05, 0) is 13.8 Å². The van der Waals surface area contributed by atoms with Crippen LogP contribution in [0.3, 0.4) is 0 Å². The van der Waals surface area contributed by atoms with Crippen molar-refractivity contribution in [1.82, 2.24) is 0 Å². The van der Waals surface area contributed by atoms with Gasteiger partial charge in [-0.25, -0.2) is 0 Å². The van der Waals surface area contributed by atoms with E-state index < -0.39 is 12.2 Å². The third-order valence-corrected chi connectivity index (χ3v) is 1.90. The van der Waals surface area contributed by atoms with E-state index in [2.05, 4.69) is 0 Å². The fraction of sp³-hybridized carbons (Fsp3) is 1.00. The van der Waals surface area contributed by atoms with Crippen molar-refractivity contribution in [2.24, 2.45) is 0 Å². The summed E-state index contributed by atoms with van der Waals surface area (Å²) in [6.07, 6.45) is -0.965. The van der Waals surface area contributed by atoms with Crippen LogP contribution in [0.5, 0.6) is 0 Å². The van der Waals surface area contributed by atoms with E-state index in [-0.39, 0.29) is 12.2 Å². The van der Waals surface area contributed by atoms with Gasteiger partial charge in [0.15, 0.2) is 0 Å². The molecule has 0 aromatic heterocycles. The van der Waals surface area contributed by atoms with Crippen LogP contribution < -0.4 is 0 Å². The lowest BCUT2D eigenvalue weighted by molar-refractivity contribution is -0.156. The van der Waals surface area contributed by atoms with E-state index in [1.807, 2.05) is 6.92 Å². The molecule has 1 rings (SSSR count). The predicted molar refractivity (Wildman–Crippen MR) is 36.6 cm³/mol. The first-order valence-corrected chi connectivity index (χ1v) is 3.63. The lowest BCUT2D eigenvalue weighted by atomic mass is 10.00. The molecule has 0 bridgehead atoms. The predicted octanol–water partition coefficient (Wildman–Crippen LogP) is -0.0945. The van der Waals surface area contributed by atoms with Crippen LogP contribution in [-0.4, -0.2) is 34.6 Å². The van der Waals surface area contributed by atoms with Gasteiger partial charge >= 0.3 is 0 Å². The average molecular weight is 146 g/mol. The van der Waals surface area contributed by atoms with Gasteiger partial charge in [0, 0.05) is 6.42 Å². The number of ether oxygens (including phenoxy) is 1. The summed E-state index contributed by atoms with van der Waals surface area (Å²) in [5.41, 5.74) is 0. The molecule has 1 heterocycles. The maximum Gasteiger partial charge on any atom is 0.106 e. The molecule has 10 heavy (non-hydrogen) atoms. The highest BCUT2D eigenvalue weighted by Crippen LogP contribution is 2.19. The number of hydrogen-bond acceptors (Lipinski definition) is 3. The quantitative estimate of drug-likeness (QED) is 0.502. The first-order chi connectivity index (χ1) is 4.61. The van der Waals surface area contributed by atoms with Gasteiger partial charge in [0.2, 0.25) is 0 Å². The maximum absolute atomic E-state index is 9.19. The zero-order chi connectivity index (χ0) is 7.72. The molecule has 1 aliphatic rings. The summed E-state index contributed by atoms with van der Waals surface area (Å²) in [4.78, 5) is 0. The van der Waals surface area contributed by atoms with Crippen LogP contribution in [0.2, 0.25) is 0 Å². The molecule has 0 aromatic carbocycles. The Morgan fingerprint density at radius 3 is 2.40 bits per heavy atom. The Morgan fingerprint density at radius 2 is 1.90 bits per heavy atom. The molecule has 0 saturated carbocycles. The summed E-state index contributed by atoms with van der Waals surface area (Å²) >= 11 is 0. The topological polar surface area (TPSA) is 49.7 Å². The van der Waals surface area contributed by atoms with E-state index in [4.69, 9.17) is 4.74 Å². The normalized spacial score (nSPS) is 49.2. The smallest absolute Gasteiger partial charge is 0.106 e. The van der Waals surface area contributed by atoms with Crippen molar-refractivity contribution in [3.63, 3.8) is 0 Å². The summed E-state index contributed by atoms with van der Waals surface area (Å²) in [5.74, 6) is 0. The van der Waals surface area contributed by atoms with E-state index in [1.165, 1.54) is 0 Å². The van der Waals surface area contributed by atoms with Crippen LogP contribution in [0.25, 0.3) is 0 Å². The Labute approximate surface area is 60.6 Å². The van der Waals surface area contributed by atoms with Gasteiger partial charge in [-0.15, -0.1) is 0 Å². The van der Waals surface area contributed by atoms with Crippen LogP contribution in [-0.2, 0) is 4.74 Å². The van der Waals surface area contributed by atoms with E-state index in [1.54, 1.807) is 6.92 Å². The Bertz CT molecular complexity index is 103. The Balaban J connectivity index is 2.49. The van der Waals surface area contributed by atoms with Gasteiger partial charge in [-0.3, -0.25) is 0 Å².